The van der Waals surface area contributed by atoms with Gasteiger partial charge in [0.15, 0.2) is 0 Å². The molecule has 0 radical (unpaired) electrons. The van der Waals surface area contributed by atoms with Crippen molar-refractivity contribution in [3.63, 3.8) is 0 Å². The van der Waals surface area contributed by atoms with Crippen molar-refractivity contribution < 1.29 is 13.2 Å². The van der Waals surface area contributed by atoms with Crippen molar-refractivity contribution in [2.45, 2.75) is 6.18 Å². The molecular formula is C11H6F3N3S. The van der Waals surface area contributed by atoms with E-state index in [0.717, 1.165) is 22.4 Å². The third kappa shape index (κ3) is 1.86. The highest BCUT2D eigenvalue weighted by Crippen LogP contribution is 2.34. The summed E-state index contributed by atoms with van der Waals surface area (Å²) in [5, 5.41) is 7.08. The molecule has 3 rings (SSSR count). The average Bonchev–Trinajstić information content (AvgIpc) is 2.95. The van der Waals surface area contributed by atoms with E-state index in [9.17, 15) is 13.2 Å². The second kappa shape index (κ2) is 3.81. The zero-order valence-electron chi connectivity index (χ0n) is 8.82. The number of nitrogens with zero attached hydrogens (tertiary/aromatic N) is 2. The molecule has 0 spiro atoms. The Labute approximate surface area is 103 Å². The topological polar surface area (TPSA) is 41.6 Å². The van der Waals surface area contributed by atoms with Crippen molar-refractivity contribution in [2.24, 2.45) is 0 Å². The molecule has 0 unspecified atom stereocenters. The van der Waals surface area contributed by atoms with E-state index in [1.165, 1.54) is 17.4 Å². The van der Waals surface area contributed by atoms with E-state index in [0.29, 0.717) is 10.5 Å². The number of benzene rings is 1. The normalized spacial score (nSPS) is 12.2. The van der Waals surface area contributed by atoms with E-state index in [2.05, 4.69) is 15.2 Å². The van der Waals surface area contributed by atoms with Crippen molar-refractivity contribution in [1.29, 1.82) is 0 Å². The molecule has 7 heteroatoms. The number of aromatic nitrogens is 3. The molecule has 0 aliphatic rings. The van der Waals surface area contributed by atoms with Gasteiger partial charge in [-0.1, -0.05) is 0 Å². The number of fused-ring (bicyclic) bond motifs is 1. The number of halogens is 3. The fraction of sp³-hybridized carbons (Fsp3) is 0.0909. The number of alkyl halides is 3. The van der Waals surface area contributed by atoms with E-state index < -0.39 is 11.7 Å². The molecule has 0 fully saturated rings. The maximum Gasteiger partial charge on any atom is 0.416 e. The van der Waals surface area contributed by atoms with Gasteiger partial charge in [-0.3, -0.25) is 5.10 Å². The van der Waals surface area contributed by atoms with Crippen LogP contribution in [-0.2, 0) is 6.18 Å². The molecule has 2 heterocycles. The smallest absolute Gasteiger partial charge is 0.285 e. The molecule has 0 atom stereocenters. The zero-order chi connectivity index (χ0) is 12.8. The minimum Gasteiger partial charge on any atom is -0.285 e. The highest BCUT2D eigenvalue weighted by Gasteiger charge is 2.30. The molecule has 0 aliphatic carbocycles. The first-order chi connectivity index (χ1) is 8.54. The van der Waals surface area contributed by atoms with Gasteiger partial charge < -0.3 is 0 Å². The number of aromatic amines is 1. The van der Waals surface area contributed by atoms with E-state index in [1.807, 2.05) is 0 Å². The Morgan fingerprint density at radius 1 is 1.22 bits per heavy atom. The molecule has 0 bridgehead atoms. The summed E-state index contributed by atoms with van der Waals surface area (Å²) in [5.41, 5.74) is 0.440. The van der Waals surface area contributed by atoms with Gasteiger partial charge in [-0.2, -0.15) is 18.3 Å². The summed E-state index contributed by atoms with van der Waals surface area (Å²) >= 11 is 1.34. The van der Waals surface area contributed by atoms with Gasteiger partial charge in [-0.05, 0) is 18.2 Å². The van der Waals surface area contributed by atoms with Gasteiger partial charge in [0, 0.05) is 11.8 Å². The van der Waals surface area contributed by atoms with Crippen molar-refractivity contribution in [3.05, 3.63) is 36.2 Å². The summed E-state index contributed by atoms with van der Waals surface area (Å²) in [6.07, 6.45) is -1.10. The van der Waals surface area contributed by atoms with Crippen LogP contribution in [0.15, 0.2) is 30.6 Å². The first-order valence-electron chi connectivity index (χ1n) is 5.01. The maximum absolute atomic E-state index is 12.6. The molecule has 3 nitrogen and oxygen atoms in total. The Kier molecular flexibility index (Phi) is 2.37. The Morgan fingerprint density at radius 2 is 2.06 bits per heavy atom. The number of nitrogens with one attached hydrogen (secondary N) is 1. The first kappa shape index (κ1) is 11.2. The predicted octanol–water partition coefficient (Wildman–Crippen LogP) is 3.71. The fourth-order valence-electron chi connectivity index (χ4n) is 1.60. The molecule has 92 valence electrons. The Bertz CT molecular complexity index is 685. The summed E-state index contributed by atoms with van der Waals surface area (Å²) in [6.45, 7) is 0. The Morgan fingerprint density at radius 3 is 2.72 bits per heavy atom. The van der Waals surface area contributed by atoms with Gasteiger partial charge in [0.1, 0.15) is 5.01 Å². The molecule has 1 aromatic carbocycles. The van der Waals surface area contributed by atoms with Gasteiger partial charge in [0.25, 0.3) is 0 Å². The molecule has 2 aromatic heterocycles. The highest BCUT2D eigenvalue weighted by molar-refractivity contribution is 7.21. The third-order valence-electron chi connectivity index (χ3n) is 2.46. The van der Waals surface area contributed by atoms with Crippen LogP contribution in [0.4, 0.5) is 13.2 Å². The summed E-state index contributed by atoms with van der Waals surface area (Å²) in [4.78, 5) is 4.19. The van der Waals surface area contributed by atoms with E-state index in [4.69, 9.17) is 0 Å². The summed E-state index contributed by atoms with van der Waals surface area (Å²) < 4.78 is 38.4. The van der Waals surface area contributed by atoms with Crippen LogP contribution < -0.4 is 0 Å². The van der Waals surface area contributed by atoms with Crippen LogP contribution in [0.3, 0.4) is 0 Å². The van der Waals surface area contributed by atoms with Crippen molar-refractivity contribution in [3.8, 4) is 10.6 Å². The quantitative estimate of drug-likeness (QED) is 0.731. The fourth-order valence-corrected chi connectivity index (χ4v) is 2.52. The molecular weight excluding hydrogens is 263 g/mol. The zero-order valence-corrected chi connectivity index (χ0v) is 9.64. The number of H-pyrrole nitrogens is 1. The van der Waals surface area contributed by atoms with Crippen LogP contribution >= 0.6 is 11.3 Å². The van der Waals surface area contributed by atoms with Crippen LogP contribution in [0.5, 0.6) is 0 Å². The predicted molar refractivity (Wildman–Crippen MR) is 62.2 cm³/mol. The second-order valence-electron chi connectivity index (χ2n) is 3.69. The standard InChI is InChI=1S/C11H6F3N3S/c12-11(13,14)7-1-2-9-8(3-7)17-10(18-9)6-4-15-16-5-6/h1-5H,(H,15,16). The van der Waals surface area contributed by atoms with Crippen molar-refractivity contribution in [2.75, 3.05) is 0 Å². The van der Waals surface area contributed by atoms with Gasteiger partial charge in [0.05, 0.1) is 22.0 Å². The molecule has 1 N–H and O–H groups in total. The largest absolute Gasteiger partial charge is 0.416 e. The highest BCUT2D eigenvalue weighted by atomic mass is 32.1. The lowest BCUT2D eigenvalue weighted by Crippen LogP contribution is -2.03. The Hall–Kier alpha value is -1.89. The minimum absolute atomic E-state index is 0.353. The lowest BCUT2D eigenvalue weighted by Gasteiger charge is -2.04. The lowest BCUT2D eigenvalue weighted by atomic mass is 10.2. The van der Waals surface area contributed by atoms with Gasteiger partial charge >= 0.3 is 6.18 Å². The molecule has 3 aromatic rings. The van der Waals surface area contributed by atoms with Crippen LogP contribution in [0.25, 0.3) is 20.8 Å². The summed E-state index contributed by atoms with van der Waals surface area (Å²) in [5.74, 6) is 0. The van der Waals surface area contributed by atoms with Crippen LogP contribution in [-0.4, -0.2) is 15.2 Å². The average molecular weight is 269 g/mol. The molecule has 18 heavy (non-hydrogen) atoms. The molecule has 0 saturated heterocycles. The van der Waals surface area contributed by atoms with E-state index in [1.54, 1.807) is 12.4 Å². The van der Waals surface area contributed by atoms with Gasteiger partial charge in [-0.15, -0.1) is 11.3 Å². The molecule has 0 saturated carbocycles. The number of rotatable bonds is 1. The van der Waals surface area contributed by atoms with Gasteiger partial charge in [-0.25, -0.2) is 4.98 Å². The maximum atomic E-state index is 12.6. The van der Waals surface area contributed by atoms with Crippen LogP contribution in [0, 0.1) is 0 Å². The summed E-state index contributed by atoms with van der Waals surface area (Å²) in [7, 11) is 0. The second-order valence-corrected chi connectivity index (χ2v) is 4.72. The van der Waals surface area contributed by atoms with Gasteiger partial charge in [0.2, 0.25) is 0 Å². The number of hydrogen-bond acceptors (Lipinski definition) is 3. The van der Waals surface area contributed by atoms with Crippen molar-refractivity contribution >= 4 is 21.6 Å². The van der Waals surface area contributed by atoms with E-state index in [-0.39, 0.29) is 0 Å². The summed E-state index contributed by atoms with van der Waals surface area (Å²) in [6, 6.07) is 3.58. The lowest BCUT2D eigenvalue weighted by molar-refractivity contribution is -0.137. The monoisotopic (exact) mass is 269 g/mol. The van der Waals surface area contributed by atoms with E-state index >= 15 is 0 Å². The molecule has 0 amide bonds. The Balaban J connectivity index is 2.13. The number of thiazole rings is 1. The van der Waals surface area contributed by atoms with Crippen LogP contribution in [0.1, 0.15) is 5.56 Å². The first-order valence-corrected chi connectivity index (χ1v) is 5.82. The minimum atomic E-state index is -4.34. The molecule has 0 aliphatic heterocycles. The third-order valence-corrected chi connectivity index (χ3v) is 3.55. The van der Waals surface area contributed by atoms with Crippen molar-refractivity contribution in [1.82, 2.24) is 15.2 Å². The van der Waals surface area contributed by atoms with Crippen LogP contribution in [0.2, 0.25) is 0 Å². The number of hydrogen-bond donors (Lipinski definition) is 1. The SMILES string of the molecule is FC(F)(F)c1ccc2sc(-c3cn[nH]c3)nc2c1.